The molecule has 1 aliphatic rings. The first-order valence-electron chi connectivity index (χ1n) is 3.89. The number of fused-ring (bicyclic) bond motifs is 1. The van der Waals surface area contributed by atoms with Gasteiger partial charge in [0.15, 0.2) is 0 Å². The summed E-state index contributed by atoms with van der Waals surface area (Å²) in [7, 11) is 0. The van der Waals surface area contributed by atoms with Gasteiger partial charge in [0.25, 0.3) is 0 Å². The van der Waals surface area contributed by atoms with Gasteiger partial charge in [-0.25, -0.2) is 4.98 Å². The van der Waals surface area contributed by atoms with Crippen LogP contribution in [0.25, 0.3) is 6.08 Å². The van der Waals surface area contributed by atoms with Gasteiger partial charge in [-0.3, -0.25) is 0 Å². The van der Waals surface area contributed by atoms with E-state index in [0.717, 1.165) is 5.56 Å². The highest BCUT2D eigenvalue weighted by atomic mass is 35.5. The van der Waals surface area contributed by atoms with E-state index < -0.39 is 12.2 Å². The van der Waals surface area contributed by atoms with Crippen LogP contribution >= 0.6 is 11.6 Å². The maximum Gasteiger partial charge on any atom is 0.129 e. The highest BCUT2D eigenvalue weighted by Gasteiger charge is 2.23. The Labute approximate surface area is 80.3 Å². The van der Waals surface area contributed by atoms with Crippen LogP contribution in [0.15, 0.2) is 18.2 Å². The molecule has 4 heteroatoms. The van der Waals surface area contributed by atoms with Crippen molar-refractivity contribution in [1.82, 2.24) is 4.98 Å². The van der Waals surface area contributed by atoms with E-state index in [1.165, 1.54) is 6.08 Å². The van der Waals surface area contributed by atoms with Crippen LogP contribution in [0.2, 0.25) is 5.15 Å². The summed E-state index contributed by atoms with van der Waals surface area (Å²) in [4.78, 5) is 3.95. The van der Waals surface area contributed by atoms with Gasteiger partial charge in [0, 0.05) is 0 Å². The van der Waals surface area contributed by atoms with Crippen LogP contribution < -0.4 is 0 Å². The van der Waals surface area contributed by atoms with E-state index >= 15 is 0 Å². The van der Waals surface area contributed by atoms with Gasteiger partial charge in [-0.15, -0.1) is 0 Å². The minimum atomic E-state index is -0.973. The molecular formula is C9H8ClNO2. The van der Waals surface area contributed by atoms with Crippen LogP contribution in [0.5, 0.6) is 0 Å². The molecule has 0 aromatic carbocycles. The summed E-state index contributed by atoms with van der Waals surface area (Å²) in [5.41, 5.74) is 1.23. The Morgan fingerprint density at radius 3 is 2.85 bits per heavy atom. The third-order valence-electron chi connectivity index (χ3n) is 2.00. The summed E-state index contributed by atoms with van der Waals surface area (Å²) in [5.74, 6) is 0. The van der Waals surface area contributed by atoms with Crippen molar-refractivity contribution in [3.05, 3.63) is 34.6 Å². The molecule has 0 radical (unpaired) electrons. The fourth-order valence-corrected chi connectivity index (χ4v) is 1.46. The molecule has 2 rings (SSSR count). The third kappa shape index (κ3) is 1.46. The zero-order valence-corrected chi connectivity index (χ0v) is 7.44. The van der Waals surface area contributed by atoms with Crippen LogP contribution in [-0.2, 0) is 0 Å². The van der Waals surface area contributed by atoms with Gasteiger partial charge in [0.05, 0.1) is 5.69 Å². The molecule has 0 amide bonds. The number of aliphatic hydroxyl groups excluding tert-OH is 2. The molecule has 1 heterocycles. The predicted octanol–water partition coefficient (Wildman–Crippen LogP) is 1.16. The average molecular weight is 198 g/mol. The maximum atomic E-state index is 9.53. The second kappa shape index (κ2) is 3.10. The summed E-state index contributed by atoms with van der Waals surface area (Å²) < 4.78 is 0. The summed E-state index contributed by atoms with van der Waals surface area (Å²) in [6.07, 6.45) is 1.38. The predicted molar refractivity (Wildman–Crippen MR) is 49.2 cm³/mol. The third-order valence-corrected chi connectivity index (χ3v) is 2.21. The average Bonchev–Trinajstić information content (AvgIpc) is 2.12. The lowest BCUT2D eigenvalue weighted by Crippen LogP contribution is -2.20. The molecule has 1 aliphatic carbocycles. The van der Waals surface area contributed by atoms with Gasteiger partial charge in [-0.05, 0) is 11.6 Å². The van der Waals surface area contributed by atoms with Crippen molar-refractivity contribution in [2.24, 2.45) is 0 Å². The zero-order valence-electron chi connectivity index (χ0n) is 6.68. The number of rotatable bonds is 0. The molecule has 0 aliphatic heterocycles. The first-order valence-corrected chi connectivity index (χ1v) is 4.27. The summed E-state index contributed by atoms with van der Waals surface area (Å²) in [5, 5.41) is 19.1. The monoisotopic (exact) mass is 197 g/mol. The van der Waals surface area contributed by atoms with Gasteiger partial charge in [-0.1, -0.05) is 29.8 Å². The molecule has 0 spiro atoms. The van der Waals surface area contributed by atoms with E-state index in [2.05, 4.69) is 4.98 Å². The quantitative estimate of drug-likeness (QED) is 0.614. The lowest BCUT2D eigenvalue weighted by atomic mass is 9.98. The molecule has 0 bridgehead atoms. The topological polar surface area (TPSA) is 53.4 Å². The molecule has 0 saturated heterocycles. The number of pyridine rings is 1. The van der Waals surface area contributed by atoms with Gasteiger partial charge in [0.1, 0.15) is 17.4 Å². The standard InChI is InChI=1S/C9H8ClNO2/c10-7-4-2-5-1-3-6(12)9(13)8(5)11-7/h1-4,6,9,12-13H/t6-,9+/m1/s1. The second-order valence-corrected chi connectivity index (χ2v) is 3.29. The number of aliphatic hydroxyl groups is 2. The Morgan fingerprint density at radius 1 is 1.31 bits per heavy atom. The number of halogens is 1. The summed E-state index contributed by atoms with van der Waals surface area (Å²) >= 11 is 5.66. The molecule has 0 fully saturated rings. The van der Waals surface area contributed by atoms with Crippen LogP contribution in [0.1, 0.15) is 17.4 Å². The lowest BCUT2D eigenvalue weighted by Gasteiger charge is -2.20. The number of nitrogens with zero attached hydrogens (tertiary/aromatic N) is 1. The Bertz CT molecular complexity index is 365. The first kappa shape index (κ1) is 8.69. The van der Waals surface area contributed by atoms with Crippen LogP contribution in [0.3, 0.4) is 0 Å². The fourth-order valence-electron chi connectivity index (χ4n) is 1.31. The number of hydrogen-bond acceptors (Lipinski definition) is 3. The zero-order chi connectivity index (χ0) is 9.42. The van der Waals surface area contributed by atoms with E-state index in [0.29, 0.717) is 10.8 Å². The van der Waals surface area contributed by atoms with Crippen molar-refractivity contribution in [3.8, 4) is 0 Å². The lowest BCUT2D eigenvalue weighted by molar-refractivity contribution is 0.0440. The minimum Gasteiger partial charge on any atom is -0.386 e. The summed E-state index contributed by atoms with van der Waals surface area (Å²) in [6, 6.07) is 3.41. The van der Waals surface area contributed by atoms with Crippen molar-refractivity contribution in [2.75, 3.05) is 0 Å². The van der Waals surface area contributed by atoms with E-state index in [-0.39, 0.29) is 0 Å². The van der Waals surface area contributed by atoms with E-state index in [9.17, 15) is 10.2 Å². The highest BCUT2D eigenvalue weighted by molar-refractivity contribution is 6.29. The van der Waals surface area contributed by atoms with Crippen molar-refractivity contribution >= 4 is 17.7 Å². The second-order valence-electron chi connectivity index (χ2n) is 2.90. The fraction of sp³-hybridized carbons (Fsp3) is 0.222. The SMILES string of the molecule is O[C@@H]1C=Cc2ccc(Cl)nc2[C@H]1O. The van der Waals surface area contributed by atoms with E-state index in [1.54, 1.807) is 18.2 Å². The summed E-state index contributed by atoms with van der Waals surface area (Å²) in [6.45, 7) is 0. The Hall–Kier alpha value is -0.900. The molecule has 3 nitrogen and oxygen atoms in total. The number of hydrogen-bond donors (Lipinski definition) is 2. The minimum absolute atomic E-state index is 0.320. The van der Waals surface area contributed by atoms with E-state index in [4.69, 9.17) is 11.6 Å². The smallest absolute Gasteiger partial charge is 0.129 e. The van der Waals surface area contributed by atoms with Gasteiger partial charge in [-0.2, -0.15) is 0 Å². The molecule has 2 atom stereocenters. The Balaban J connectivity index is 2.54. The molecule has 1 aromatic rings. The molecule has 0 saturated carbocycles. The van der Waals surface area contributed by atoms with Crippen LogP contribution in [0, 0.1) is 0 Å². The maximum absolute atomic E-state index is 9.53. The van der Waals surface area contributed by atoms with Gasteiger partial charge < -0.3 is 10.2 Å². The van der Waals surface area contributed by atoms with E-state index in [1.807, 2.05) is 0 Å². The van der Waals surface area contributed by atoms with Gasteiger partial charge >= 0.3 is 0 Å². The number of aromatic nitrogens is 1. The van der Waals surface area contributed by atoms with Crippen LogP contribution in [-0.4, -0.2) is 21.3 Å². The largest absolute Gasteiger partial charge is 0.386 e. The highest BCUT2D eigenvalue weighted by Crippen LogP contribution is 2.27. The molecule has 2 N–H and O–H groups in total. The molecule has 1 aromatic heterocycles. The van der Waals surface area contributed by atoms with Crippen LogP contribution in [0.4, 0.5) is 0 Å². The molecule has 0 unspecified atom stereocenters. The van der Waals surface area contributed by atoms with Crippen molar-refractivity contribution in [1.29, 1.82) is 0 Å². The normalized spacial score (nSPS) is 25.8. The van der Waals surface area contributed by atoms with Crippen molar-refractivity contribution < 1.29 is 10.2 Å². The van der Waals surface area contributed by atoms with Gasteiger partial charge in [0.2, 0.25) is 0 Å². The molecule has 13 heavy (non-hydrogen) atoms. The molecular weight excluding hydrogens is 190 g/mol. The Morgan fingerprint density at radius 2 is 2.08 bits per heavy atom. The molecule has 68 valence electrons. The first-order chi connectivity index (χ1) is 6.18. The van der Waals surface area contributed by atoms with Crippen molar-refractivity contribution in [2.45, 2.75) is 12.2 Å². The van der Waals surface area contributed by atoms with Crippen molar-refractivity contribution in [3.63, 3.8) is 0 Å². The Kier molecular flexibility index (Phi) is 2.07.